The first-order chi connectivity index (χ1) is 9.61. The van der Waals surface area contributed by atoms with Gasteiger partial charge in [-0.2, -0.15) is 5.26 Å². The summed E-state index contributed by atoms with van der Waals surface area (Å²) in [5.41, 5.74) is 8.27. The lowest BCUT2D eigenvalue weighted by atomic mass is 10.1. The van der Waals surface area contributed by atoms with Crippen LogP contribution in [0.25, 0.3) is 0 Å². The van der Waals surface area contributed by atoms with Crippen LogP contribution in [0.1, 0.15) is 22.5 Å². The highest BCUT2D eigenvalue weighted by Gasteiger charge is 2.05. The van der Waals surface area contributed by atoms with Crippen molar-refractivity contribution in [3.8, 4) is 11.8 Å². The van der Waals surface area contributed by atoms with Crippen molar-refractivity contribution in [2.24, 2.45) is 0 Å². The van der Waals surface area contributed by atoms with E-state index in [9.17, 15) is 0 Å². The van der Waals surface area contributed by atoms with Gasteiger partial charge >= 0.3 is 0 Å². The van der Waals surface area contributed by atoms with Crippen LogP contribution >= 0.6 is 0 Å². The number of nitrogen functional groups attached to an aromatic ring is 1. The second-order valence-corrected chi connectivity index (χ2v) is 4.49. The van der Waals surface area contributed by atoms with Crippen molar-refractivity contribution in [1.82, 2.24) is 9.97 Å². The molecule has 1 heterocycles. The van der Waals surface area contributed by atoms with Gasteiger partial charge in [0, 0.05) is 6.42 Å². The molecule has 0 saturated heterocycles. The Morgan fingerprint density at radius 2 is 2.15 bits per heavy atom. The molecule has 0 spiro atoms. The fraction of sp³-hybridized carbons (Fsp3) is 0.267. The highest BCUT2D eigenvalue weighted by Crippen LogP contribution is 2.20. The van der Waals surface area contributed by atoms with Crippen molar-refractivity contribution in [2.75, 3.05) is 12.3 Å². The van der Waals surface area contributed by atoms with Gasteiger partial charge in [0.2, 0.25) is 0 Å². The van der Waals surface area contributed by atoms with Crippen molar-refractivity contribution in [3.63, 3.8) is 0 Å². The van der Waals surface area contributed by atoms with Gasteiger partial charge in [0.05, 0.1) is 12.8 Å². The minimum Gasteiger partial charge on any atom is -0.493 e. The summed E-state index contributed by atoms with van der Waals surface area (Å²) in [6.07, 6.45) is 1.98. The lowest BCUT2D eigenvalue weighted by Crippen LogP contribution is -2.08. The molecule has 0 amide bonds. The number of hydrogen-bond acceptors (Lipinski definition) is 5. The summed E-state index contributed by atoms with van der Waals surface area (Å²) in [6.45, 7) is 4.54. The van der Waals surface area contributed by atoms with E-state index < -0.39 is 0 Å². The lowest BCUT2D eigenvalue weighted by Gasteiger charge is -2.10. The monoisotopic (exact) mass is 268 g/mol. The molecule has 0 aliphatic rings. The predicted octanol–water partition coefficient (Wildman–Crippen LogP) is 2.17. The number of rotatable bonds is 4. The van der Waals surface area contributed by atoms with Gasteiger partial charge in [-0.15, -0.1) is 0 Å². The van der Waals surface area contributed by atoms with Crippen molar-refractivity contribution in [3.05, 3.63) is 46.9 Å². The Kier molecular flexibility index (Phi) is 4.16. The van der Waals surface area contributed by atoms with Crippen molar-refractivity contribution in [1.29, 1.82) is 5.26 Å². The van der Waals surface area contributed by atoms with E-state index in [0.717, 1.165) is 11.3 Å². The second-order valence-electron chi connectivity index (χ2n) is 4.49. The Labute approximate surface area is 118 Å². The van der Waals surface area contributed by atoms with E-state index in [-0.39, 0.29) is 5.82 Å². The molecule has 0 aliphatic heterocycles. The van der Waals surface area contributed by atoms with Crippen LogP contribution < -0.4 is 10.5 Å². The molecule has 2 rings (SSSR count). The summed E-state index contributed by atoms with van der Waals surface area (Å²) in [4.78, 5) is 8.17. The quantitative estimate of drug-likeness (QED) is 0.918. The Hall–Kier alpha value is -2.61. The van der Waals surface area contributed by atoms with E-state index >= 15 is 0 Å². The summed E-state index contributed by atoms with van der Waals surface area (Å²) in [6, 6.07) is 7.89. The van der Waals surface area contributed by atoms with E-state index in [1.165, 1.54) is 11.8 Å². The first kappa shape index (κ1) is 13.8. The highest BCUT2D eigenvalue weighted by molar-refractivity contribution is 5.46. The van der Waals surface area contributed by atoms with Crippen LogP contribution in [0, 0.1) is 25.2 Å². The van der Waals surface area contributed by atoms with Gasteiger partial charge < -0.3 is 10.5 Å². The highest BCUT2D eigenvalue weighted by atomic mass is 16.5. The molecule has 2 aromatic rings. The van der Waals surface area contributed by atoms with Crippen molar-refractivity contribution >= 4 is 5.82 Å². The van der Waals surface area contributed by atoms with Gasteiger partial charge in [-0.25, -0.2) is 9.97 Å². The minimum absolute atomic E-state index is 0.212. The summed E-state index contributed by atoms with van der Waals surface area (Å²) in [5, 5.41) is 8.76. The molecule has 102 valence electrons. The van der Waals surface area contributed by atoms with Gasteiger partial charge in [-0.1, -0.05) is 12.1 Å². The molecule has 20 heavy (non-hydrogen) atoms. The molecule has 5 heteroatoms. The Balaban J connectivity index is 1.98. The van der Waals surface area contributed by atoms with Gasteiger partial charge in [-0.3, -0.25) is 0 Å². The molecular formula is C15H16N4O. The maximum atomic E-state index is 8.76. The third-order valence-electron chi connectivity index (χ3n) is 3.13. The van der Waals surface area contributed by atoms with Crippen LogP contribution in [-0.4, -0.2) is 16.6 Å². The first-order valence-corrected chi connectivity index (χ1v) is 6.32. The summed E-state index contributed by atoms with van der Waals surface area (Å²) < 4.78 is 5.73. The van der Waals surface area contributed by atoms with Crippen LogP contribution in [0.15, 0.2) is 24.4 Å². The topological polar surface area (TPSA) is 84.8 Å². The second kappa shape index (κ2) is 6.02. The van der Waals surface area contributed by atoms with Crippen molar-refractivity contribution < 1.29 is 4.74 Å². The first-order valence-electron chi connectivity index (χ1n) is 6.32. The zero-order valence-electron chi connectivity index (χ0n) is 11.6. The molecule has 5 nitrogen and oxygen atoms in total. The van der Waals surface area contributed by atoms with Crippen LogP contribution in [-0.2, 0) is 6.42 Å². The molecule has 0 unspecified atom stereocenters. The number of anilines is 1. The molecular weight excluding hydrogens is 252 g/mol. The van der Waals surface area contributed by atoms with Crippen LogP contribution in [0.4, 0.5) is 5.82 Å². The smallest absolute Gasteiger partial charge is 0.145 e. The number of nitriles is 1. The number of ether oxygens (including phenoxy) is 1. The number of aromatic nitrogens is 2. The third-order valence-corrected chi connectivity index (χ3v) is 3.13. The number of benzene rings is 1. The Morgan fingerprint density at radius 1 is 1.35 bits per heavy atom. The minimum atomic E-state index is 0.212. The Bertz CT molecular complexity index is 661. The fourth-order valence-corrected chi connectivity index (χ4v) is 1.77. The molecule has 0 radical (unpaired) electrons. The zero-order chi connectivity index (χ0) is 14.5. The molecule has 0 bridgehead atoms. The summed E-state index contributed by atoms with van der Waals surface area (Å²) in [7, 11) is 0. The average Bonchev–Trinajstić information content (AvgIpc) is 2.44. The summed E-state index contributed by atoms with van der Waals surface area (Å²) in [5.74, 6) is 1.66. The molecule has 0 aliphatic carbocycles. The molecule has 1 aromatic carbocycles. The van der Waals surface area contributed by atoms with Gasteiger partial charge in [0.15, 0.2) is 0 Å². The van der Waals surface area contributed by atoms with Gasteiger partial charge in [0.1, 0.15) is 29.0 Å². The van der Waals surface area contributed by atoms with E-state index in [2.05, 4.69) is 9.97 Å². The Morgan fingerprint density at radius 3 is 2.85 bits per heavy atom. The van der Waals surface area contributed by atoms with Gasteiger partial charge in [0.25, 0.3) is 0 Å². The van der Waals surface area contributed by atoms with Crippen LogP contribution in [0.2, 0.25) is 0 Å². The van der Waals surface area contributed by atoms with E-state index in [4.69, 9.17) is 15.7 Å². The fourth-order valence-electron chi connectivity index (χ4n) is 1.77. The maximum absolute atomic E-state index is 8.76. The molecule has 2 N–H and O–H groups in total. The van der Waals surface area contributed by atoms with E-state index in [1.807, 2.05) is 38.1 Å². The van der Waals surface area contributed by atoms with Crippen LogP contribution in [0.5, 0.6) is 5.75 Å². The number of aryl methyl sites for hydroxylation is 1. The van der Waals surface area contributed by atoms with E-state index in [0.29, 0.717) is 24.4 Å². The van der Waals surface area contributed by atoms with Gasteiger partial charge in [-0.05, 0) is 31.0 Å². The zero-order valence-corrected chi connectivity index (χ0v) is 11.6. The SMILES string of the molecule is Cc1cccc(OCCc2ncc(C#N)c(N)n2)c1C. The predicted molar refractivity (Wildman–Crippen MR) is 76.3 cm³/mol. The lowest BCUT2D eigenvalue weighted by molar-refractivity contribution is 0.316. The third kappa shape index (κ3) is 3.04. The van der Waals surface area contributed by atoms with Crippen molar-refractivity contribution in [2.45, 2.75) is 20.3 Å². The maximum Gasteiger partial charge on any atom is 0.145 e. The molecule has 0 saturated carbocycles. The average molecular weight is 268 g/mol. The van der Waals surface area contributed by atoms with E-state index in [1.54, 1.807) is 0 Å². The summed E-state index contributed by atoms with van der Waals surface area (Å²) >= 11 is 0. The number of nitrogens with zero attached hydrogens (tertiary/aromatic N) is 3. The number of hydrogen-bond donors (Lipinski definition) is 1. The standard InChI is InChI=1S/C15H16N4O/c1-10-4-3-5-13(11(10)2)20-7-6-14-18-9-12(8-16)15(17)19-14/h3-5,9H,6-7H2,1-2H3,(H2,17,18,19). The largest absolute Gasteiger partial charge is 0.493 e. The molecule has 1 aromatic heterocycles. The molecule has 0 fully saturated rings. The molecule has 0 atom stereocenters. The number of nitrogens with two attached hydrogens (primary N) is 1. The van der Waals surface area contributed by atoms with Crippen LogP contribution in [0.3, 0.4) is 0 Å². The normalized spacial score (nSPS) is 10.1.